The van der Waals surface area contributed by atoms with E-state index in [1.54, 1.807) is 10.8 Å². The van der Waals surface area contributed by atoms with Crippen molar-refractivity contribution in [2.45, 2.75) is 6.42 Å². The molecule has 0 unspecified atom stereocenters. The summed E-state index contributed by atoms with van der Waals surface area (Å²) in [5.41, 5.74) is 6.05. The highest BCUT2D eigenvalue weighted by Crippen LogP contribution is 2.34. The lowest BCUT2D eigenvalue weighted by molar-refractivity contribution is -0.133. The summed E-state index contributed by atoms with van der Waals surface area (Å²) in [6.45, 7) is 3.56. The Kier molecular flexibility index (Phi) is 7.57. The van der Waals surface area contributed by atoms with Crippen LogP contribution in [0.1, 0.15) is 12.0 Å². The Morgan fingerprint density at radius 3 is 2.50 bits per heavy atom. The molecule has 5 rings (SSSR count). The molecule has 1 N–H and O–H groups in total. The number of carbonyl (C=O) groups is 2. The van der Waals surface area contributed by atoms with Crippen molar-refractivity contribution >= 4 is 46.2 Å². The maximum Gasteiger partial charge on any atom is 0.285 e. The number of rotatable bonds is 7. The van der Waals surface area contributed by atoms with Gasteiger partial charge in [-0.25, -0.2) is 4.68 Å². The van der Waals surface area contributed by atoms with Crippen molar-refractivity contribution in [1.29, 1.82) is 0 Å². The fourth-order valence-electron chi connectivity index (χ4n) is 4.00. The summed E-state index contributed by atoms with van der Waals surface area (Å²) in [7, 11) is 0. The molecule has 0 saturated carbocycles. The van der Waals surface area contributed by atoms with Gasteiger partial charge in [-0.3, -0.25) is 19.9 Å². The van der Waals surface area contributed by atoms with Crippen molar-refractivity contribution in [2.24, 2.45) is 0 Å². The average Bonchev–Trinajstić information content (AvgIpc) is 3.45. The smallest absolute Gasteiger partial charge is 0.285 e. The Balaban J connectivity index is 1.35. The summed E-state index contributed by atoms with van der Waals surface area (Å²) in [6.07, 6.45) is 3.96. The van der Waals surface area contributed by atoms with Gasteiger partial charge < -0.3 is 4.74 Å². The molecule has 3 aromatic rings. The maximum absolute atomic E-state index is 13.2. The number of nitrogens with zero attached hydrogens (tertiary/aromatic N) is 4. The van der Waals surface area contributed by atoms with Gasteiger partial charge in [0.2, 0.25) is 5.91 Å². The summed E-state index contributed by atoms with van der Waals surface area (Å²) in [6, 6.07) is 19.6. The molecular weight excluding hydrogens is 494 g/mol. The van der Waals surface area contributed by atoms with E-state index in [0.29, 0.717) is 29.0 Å². The Labute approximate surface area is 218 Å². The van der Waals surface area contributed by atoms with Crippen molar-refractivity contribution in [3.63, 3.8) is 0 Å². The average molecular weight is 520 g/mol. The summed E-state index contributed by atoms with van der Waals surface area (Å²) >= 11 is 6.58. The van der Waals surface area contributed by atoms with Crippen molar-refractivity contribution in [1.82, 2.24) is 25.1 Å². The maximum atomic E-state index is 13.2. The molecule has 0 radical (unpaired) electrons. The molecular formula is C26H25N5O3S2. The van der Waals surface area contributed by atoms with E-state index in [9.17, 15) is 9.59 Å². The van der Waals surface area contributed by atoms with Gasteiger partial charge in [0.1, 0.15) is 0 Å². The quantitative estimate of drug-likeness (QED) is 0.378. The van der Waals surface area contributed by atoms with Crippen molar-refractivity contribution in [3.05, 3.63) is 77.3 Å². The van der Waals surface area contributed by atoms with E-state index in [0.717, 1.165) is 52.4 Å². The van der Waals surface area contributed by atoms with Crippen LogP contribution in [0.15, 0.2) is 71.8 Å². The van der Waals surface area contributed by atoms with E-state index in [4.69, 9.17) is 22.1 Å². The first kappa shape index (κ1) is 24.4. The van der Waals surface area contributed by atoms with Crippen LogP contribution in [-0.2, 0) is 14.3 Å². The number of hydrogen-bond acceptors (Lipinski definition) is 7. The van der Waals surface area contributed by atoms with E-state index in [1.807, 2.05) is 66.9 Å². The Hall–Kier alpha value is -3.31. The normalized spacial score (nSPS) is 17.7. The van der Waals surface area contributed by atoms with Gasteiger partial charge in [-0.15, -0.1) is 0 Å². The van der Waals surface area contributed by atoms with Gasteiger partial charge in [0.05, 0.1) is 29.5 Å². The van der Waals surface area contributed by atoms with Crippen molar-refractivity contribution in [3.8, 4) is 16.9 Å². The topological polar surface area (TPSA) is 79.7 Å². The highest BCUT2D eigenvalue weighted by atomic mass is 32.2. The predicted molar refractivity (Wildman–Crippen MR) is 144 cm³/mol. The fraction of sp³-hybridized carbons (Fsp3) is 0.231. The molecule has 2 saturated heterocycles. The number of morpholine rings is 1. The highest BCUT2D eigenvalue weighted by Gasteiger charge is 2.34. The number of hydrazine groups is 1. The fourth-order valence-corrected chi connectivity index (χ4v) is 5.17. The number of aromatic nitrogens is 2. The molecule has 2 fully saturated rings. The zero-order chi connectivity index (χ0) is 24.9. The van der Waals surface area contributed by atoms with E-state index < -0.39 is 0 Å². The number of amides is 2. The number of nitrogens with one attached hydrogen (secondary N) is 1. The zero-order valence-electron chi connectivity index (χ0n) is 19.5. The number of para-hydroxylation sites is 1. The second-order valence-electron chi connectivity index (χ2n) is 8.34. The number of carbonyl (C=O) groups excluding carboxylic acids is 2. The first-order valence-electron chi connectivity index (χ1n) is 11.7. The van der Waals surface area contributed by atoms with Crippen LogP contribution in [0.3, 0.4) is 0 Å². The first-order chi connectivity index (χ1) is 17.6. The lowest BCUT2D eigenvalue weighted by Gasteiger charge is -2.26. The molecule has 184 valence electrons. The molecule has 2 aliphatic rings. The molecule has 2 aliphatic heterocycles. The number of benzene rings is 2. The Morgan fingerprint density at radius 1 is 1.08 bits per heavy atom. The van der Waals surface area contributed by atoms with Gasteiger partial charge in [-0.2, -0.15) is 10.1 Å². The molecule has 0 aliphatic carbocycles. The monoisotopic (exact) mass is 519 g/mol. The van der Waals surface area contributed by atoms with Crippen LogP contribution in [0.4, 0.5) is 0 Å². The van der Waals surface area contributed by atoms with Gasteiger partial charge >= 0.3 is 0 Å². The molecule has 36 heavy (non-hydrogen) atoms. The zero-order valence-corrected chi connectivity index (χ0v) is 21.1. The largest absolute Gasteiger partial charge is 0.379 e. The third kappa shape index (κ3) is 5.57. The second-order valence-corrected chi connectivity index (χ2v) is 10.0. The molecule has 1 aromatic heterocycles. The van der Waals surface area contributed by atoms with Gasteiger partial charge in [-0.1, -0.05) is 60.3 Å². The minimum absolute atomic E-state index is 0.249. The van der Waals surface area contributed by atoms with Crippen LogP contribution in [0.2, 0.25) is 0 Å². The number of hydrogen-bond donors (Lipinski definition) is 1. The van der Waals surface area contributed by atoms with Crippen LogP contribution in [0.25, 0.3) is 23.0 Å². The summed E-state index contributed by atoms with van der Waals surface area (Å²) < 4.78 is 7.43. The van der Waals surface area contributed by atoms with Crippen LogP contribution in [0.5, 0.6) is 0 Å². The molecule has 0 spiro atoms. The summed E-state index contributed by atoms with van der Waals surface area (Å²) in [5, 5.41) is 5.96. The second kappa shape index (κ2) is 11.2. The highest BCUT2D eigenvalue weighted by molar-refractivity contribution is 8.26. The predicted octanol–water partition coefficient (Wildman–Crippen LogP) is 3.49. The molecule has 2 aromatic carbocycles. The summed E-state index contributed by atoms with van der Waals surface area (Å²) in [4.78, 5) is 28.3. The van der Waals surface area contributed by atoms with E-state index in [-0.39, 0.29) is 18.2 Å². The lowest BCUT2D eigenvalue weighted by Crippen LogP contribution is -2.46. The van der Waals surface area contributed by atoms with E-state index in [2.05, 4.69) is 10.3 Å². The minimum atomic E-state index is -0.351. The minimum Gasteiger partial charge on any atom is -0.379 e. The third-order valence-corrected chi connectivity index (χ3v) is 7.19. The Bertz CT molecular complexity index is 1290. The summed E-state index contributed by atoms with van der Waals surface area (Å²) in [5.74, 6) is -0.600. The van der Waals surface area contributed by atoms with Crippen LogP contribution >= 0.6 is 24.0 Å². The molecule has 2 amide bonds. The molecule has 0 bridgehead atoms. The van der Waals surface area contributed by atoms with E-state index >= 15 is 0 Å². The van der Waals surface area contributed by atoms with Crippen molar-refractivity contribution in [2.75, 3.05) is 32.8 Å². The van der Waals surface area contributed by atoms with E-state index in [1.165, 1.54) is 0 Å². The van der Waals surface area contributed by atoms with Crippen LogP contribution in [0, 0.1) is 0 Å². The van der Waals surface area contributed by atoms with Gasteiger partial charge in [0.15, 0.2) is 4.32 Å². The van der Waals surface area contributed by atoms with Gasteiger partial charge in [0, 0.05) is 43.4 Å². The first-order valence-corrected chi connectivity index (χ1v) is 12.9. The molecule has 8 nitrogen and oxygen atoms in total. The molecule has 0 atom stereocenters. The van der Waals surface area contributed by atoms with Gasteiger partial charge in [0.25, 0.3) is 5.91 Å². The van der Waals surface area contributed by atoms with Crippen molar-refractivity contribution < 1.29 is 14.3 Å². The number of ether oxygens (including phenoxy) is 1. The van der Waals surface area contributed by atoms with Crippen LogP contribution < -0.4 is 5.43 Å². The number of thioether (sulfide) groups is 1. The number of thiocarbonyl (C=S) groups is 1. The molecule has 3 heterocycles. The van der Waals surface area contributed by atoms with Crippen LogP contribution in [-0.4, -0.2) is 68.7 Å². The van der Waals surface area contributed by atoms with Gasteiger partial charge in [-0.05, 0) is 30.4 Å². The lowest BCUT2D eigenvalue weighted by atomic mass is 10.1. The Morgan fingerprint density at radius 2 is 1.78 bits per heavy atom. The standard InChI is InChI=1S/C26H25N5O3S2/c32-23(11-12-29-13-15-34-16-14-29)27-31-25(33)22(36-26(31)35)17-20-18-30(21-9-5-2-6-10-21)28-24(20)19-7-3-1-4-8-19/h1-10,17-18H,11-16H2,(H,27,32)/b22-17-. The third-order valence-electron chi connectivity index (χ3n) is 5.89. The SMILES string of the molecule is O=C(CCN1CCOCC1)NN1C(=O)/C(=C/c2cn(-c3ccccc3)nc2-c2ccccc2)SC1=S. The molecule has 10 heteroatoms.